The van der Waals surface area contributed by atoms with Crippen LogP contribution in [0.1, 0.15) is 37.7 Å². The Balaban J connectivity index is 1.32. The van der Waals surface area contributed by atoms with Crippen molar-refractivity contribution in [1.29, 1.82) is 0 Å². The summed E-state index contributed by atoms with van der Waals surface area (Å²) in [7, 11) is 0. The van der Waals surface area contributed by atoms with E-state index in [1.807, 2.05) is 0 Å². The van der Waals surface area contributed by atoms with E-state index in [4.69, 9.17) is 0 Å². The molecule has 0 bridgehead atoms. The molecule has 2 aromatic carbocycles. The molecule has 2 atom stereocenters. The van der Waals surface area contributed by atoms with Crippen LogP contribution >= 0.6 is 0 Å². The topological polar surface area (TPSA) is 91.0 Å². The third kappa shape index (κ3) is 5.05. The van der Waals surface area contributed by atoms with E-state index in [1.165, 1.54) is 18.3 Å². The zero-order valence-corrected chi connectivity index (χ0v) is 21.9. The maximum atomic E-state index is 15.4. The Morgan fingerprint density at radius 3 is 2.49 bits per heavy atom. The van der Waals surface area contributed by atoms with Crippen LogP contribution < -0.4 is 5.32 Å². The molecule has 6 rings (SSSR count). The number of hydrogen-bond acceptors (Lipinski definition) is 4. The second kappa shape index (κ2) is 10.3. The summed E-state index contributed by atoms with van der Waals surface area (Å²) in [6.07, 6.45) is -1.94. The van der Waals surface area contributed by atoms with Gasteiger partial charge in [0, 0.05) is 24.8 Å². The number of nitrogens with zero attached hydrogens (tertiary/aromatic N) is 3. The number of benzene rings is 2. The average molecular weight is 566 g/mol. The number of amides is 2. The van der Waals surface area contributed by atoms with Crippen LogP contribution in [0.3, 0.4) is 0 Å². The fourth-order valence-corrected chi connectivity index (χ4v) is 5.98. The Kier molecular flexibility index (Phi) is 6.75. The number of likely N-dealkylation sites (tertiary alicyclic amines) is 1. The summed E-state index contributed by atoms with van der Waals surface area (Å²) in [6.45, 7) is -0.367. The van der Waals surface area contributed by atoms with Crippen molar-refractivity contribution in [3.63, 3.8) is 0 Å². The molecule has 3 heterocycles. The Morgan fingerprint density at radius 2 is 1.76 bits per heavy atom. The minimum atomic E-state index is -2.98. The van der Waals surface area contributed by atoms with Gasteiger partial charge in [-0.1, -0.05) is 42.5 Å². The highest BCUT2D eigenvalue weighted by Crippen LogP contribution is 2.48. The van der Waals surface area contributed by atoms with E-state index < -0.39 is 54.0 Å². The number of aromatic nitrogens is 3. The molecule has 7 nitrogen and oxygen atoms in total. The second-order valence-corrected chi connectivity index (χ2v) is 10.8. The Labute approximate surface area is 233 Å². The number of halogens is 4. The van der Waals surface area contributed by atoms with Crippen molar-refractivity contribution >= 4 is 28.7 Å². The van der Waals surface area contributed by atoms with Gasteiger partial charge in [-0.05, 0) is 42.2 Å². The predicted octanol–water partition coefficient (Wildman–Crippen LogP) is 5.79. The highest BCUT2D eigenvalue weighted by molar-refractivity contribution is 5.99. The summed E-state index contributed by atoms with van der Waals surface area (Å²) in [5.74, 6) is -4.68. The van der Waals surface area contributed by atoms with Gasteiger partial charge in [0.2, 0.25) is 17.7 Å². The SMILES string of the molecule is O=C(Nc1ccc2[nH]ncc2n1)[C@H]1C[C@@H](F)CN1C(=O)C1(c2ccc(-c3ccccc3)c(F)c2)CCC(F)(F)CC1. The Bertz CT molecular complexity index is 1600. The maximum Gasteiger partial charge on any atom is 0.248 e. The van der Waals surface area contributed by atoms with Crippen LogP contribution in [0.25, 0.3) is 22.2 Å². The number of aromatic amines is 1. The number of carbonyl (C=O) groups excluding carboxylic acids is 2. The first-order chi connectivity index (χ1) is 19.6. The standard InChI is InChI=1S/C30H27F4N5O2/c31-20-15-25(27(40)37-26-9-8-23-24(36-26)16-35-38-23)39(17-20)28(41)29(10-12-30(33,34)13-11-29)19-6-7-21(22(32)14-19)18-4-2-1-3-5-18/h1-9,14,16,20,25H,10-13,15,17H2,(H,35,38)(H,36,37,40)/t20-,25-/m1/s1. The lowest BCUT2D eigenvalue weighted by atomic mass is 9.67. The van der Waals surface area contributed by atoms with Gasteiger partial charge in [0.15, 0.2) is 0 Å². The fraction of sp³-hybridized carbons (Fsp3) is 0.333. The van der Waals surface area contributed by atoms with E-state index in [0.717, 1.165) is 4.90 Å². The smallest absolute Gasteiger partial charge is 0.248 e. The van der Waals surface area contributed by atoms with Gasteiger partial charge < -0.3 is 10.2 Å². The van der Waals surface area contributed by atoms with Gasteiger partial charge in [-0.3, -0.25) is 14.7 Å². The van der Waals surface area contributed by atoms with E-state index in [0.29, 0.717) is 22.2 Å². The predicted molar refractivity (Wildman–Crippen MR) is 144 cm³/mol. The molecule has 0 spiro atoms. The van der Waals surface area contributed by atoms with Crippen LogP contribution in [0.5, 0.6) is 0 Å². The molecule has 2 aliphatic rings. The van der Waals surface area contributed by atoms with Crippen molar-refractivity contribution in [2.75, 3.05) is 11.9 Å². The molecule has 0 radical (unpaired) electrons. The molecular weight excluding hydrogens is 538 g/mol. The van der Waals surface area contributed by atoms with Gasteiger partial charge in [-0.25, -0.2) is 22.5 Å². The van der Waals surface area contributed by atoms with Crippen LogP contribution in [-0.4, -0.2) is 56.6 Å². The van der Waals surface area contributed by atoms with Gasteiger partial charge in [0.1, 0.15) is 29.4 Å². The fourth-order valence-electron chi connectivity index (χ4n) is 5.98. The van der Waals surface area contributed by atoms with E-state index >= 15 is 4.39 Å². The van der Waals surface area contributed by atoms with Crippen LogP contribution in [0, 0.1) is 5.82 Å². The zero-order chi connectivity index (χ0) is 28.8. The average Bonchev–Trinajstić information content (AvgIpc) is 3.59. The molecular formula is C30H27F4N5O2. The molecule has 2 N–H and O–H groups in total. The quantitative estimate of drug-likeness (QED) is 0.300. The highest BCUT2D eigenvalue weighted by atomic mass is 19.3. The van der Waals surface area contributed by atoms with Crippen molar-refractivity contribution < 1.29 is 27.2 Å². The van der Waals surface area contributed by atoms with Crippen molar-refractivity contribution in [1.82, 2.24) is 20.1 Å². The third-order valence-corrected chi connectivity index (χ3v) is 8.21. The van der Waals surface area contributed by atoms with Crippen LogP contribution in [0.4, 0.5) is 23.4 Å². The summed E-state index contributed by atoms with van der Waals surface area (Å²) in [5, 5.41) is 9.28. The molecule has 2 aromatic heterocycles. The minimum Gasteiger partial charge on any atom is -0.327 e. The lowest BCUT2D eigenvalue weighted by Crippen LogP contribution is -2.54. The van der Waals surface area contributed by atoms with Gasteiger partial charge in [-0.15, -0.1) is 0 Å². The molecule has 41 heavy (non-hydrogen) atoms. The number of H-pyrrole nitrogens is 1. The minimum absolute atomic E-state index is 0.198. The van der Waals surface area contributed by atoms with Gasteiger partial charge >= 0.3 is 0 Å². The normalized spacial score (nSPS) is 21.6. The molecule has 2 amide bonds. The largest absolute Gasteiger partial charge is 0.327 e. The third-order valence-electron chi connectivity index (χ3n) is 8.21. The number of alkyl halides is 3. The van der Waals surface area contributed by atoms with Crippen molar-refractivity contribution in [2.45, 2.75) is 55.7 Å². The molecule has 212 valence electrons. The first-order valence-electron chi connectivity index (χ1n) is 13.4. The van der Waals surface area contributed by atoms with Gasteiger partial charge in [0.25, 0.3) is 0 Å². The van der Waals surface area contributed by atoms with Crippen LogP contribution in [0.2, 0.25) is 0 Å². The summed E-state index contributed by atoms with van der Waals surface area (Å²) >= 11 is 0. The number of fused-ring (bicyclic) bond motifs is 1. The summed E-state index contributed by atoms with van der Waals surface area (Å²) in [5.41, 5.74) is 0.811. The molecule has 1 saturated heterocycles. The molecule has 1 saturated carbocycles. The summed E-state index contributed by atoms with van der Waals surface area (Å²) in [6, 6.07) is 15.2. The van der Waals surface area contributed by atoms with Crippen LogP contribution in [-0.2, 0) is 15.0 Å². The number of rotatable bonds is 5. The van der Waals surface area contributed by atoms with E-state index in [-0.39, 0.29) is 37.2 Å². The maximum absolute atomic E-state index is 15.4. The molecule has 2 fully saturated rings. The lowest BCUT2D eigenvalue weighted by molar-refractivity contribution is -0.146. The Morgan fingerprint density at radius 1 is 1.00 bits per heavy atom. The number of pyridine rings is 1. The van der Waals surface area contributed by atoms with E-state index in [1.54, 1.807) is 48.5 Å². The molecule has 0 unspecified atom stereocenters. The van der Waals surface area contributed by atoms with Crippen molar-refractivity contribution in [2.24, 2.45) is 0 Å². The van der Waals surface area contributed by atoms with E-state index in [9.17, 15) is 22.8 Å². The number of anilines is 1. The molecule has 1 aliphatic heterocycles. The zero-order valence-electron chi connectivity index (χ0n) is 21.9. The summed E-state index contributed by atoms with van der Waals surface area (Å²) < 4.78 is 58.9. The number of carbonyl (C=O) groups is 2. The van der Waals surface area contributed by atoms with Crippen molar-refractivity contribution in [3.8, 4) is 11.1 Å². The first kappa shape index (κ1) is 26.9. The molecule has 1 aliphatic carbocycles. The first-order valence-corrected chi connectivity index (χ1v) is 13.4. The number of hydrogen-bond donors (Lipinski definition) is 2. The van der Waals surface area contributed by atoms with Crippen molar-refractivity contribution in [3.05, 3.63) is 78.2 Å². The highest BCUT2D eigenvalue weighted by Gasteiger charge is 2.53. The van der Waals surface area contributed by atoms with Gasteiger partial charge in [0.05, 0.1) is 23.7 Å². The molecule has 11 heteroatoms. The van der Waals surface area contributed by atoms with E-state index in [2.05, 4.69) is 20.5 Å². The number of nitrogens with one attached hydrogen (secondary N) is 2. The summed E-state index contributed by atoms with van der Waals surface area (Å²) in [4.78, 5) is 33.0. The van der Waals surface area contributed by atoms with Gasteiger partial charge in [-0.2, -0.15) is 5.10 Å². The monoisotopic (exact) mass is 565 g/mol. The van der Waals surface area contributed by atoms with Crippen LogP contribution in [0.15, 0.2) is 66.9 Å². The Hall–Kier alpha value is -4.28. The second-order valence-electron chi connectivity index (χ2n) is 10.8. The molecule has 4 aromatic rings. The lowest BCUT2D eigenvalue weighted by Gasteiger charge is -2.42.